The number of hydrogen-bond donors (Lipinski definition) is 0. The summed E-state index contributed by atoms with van der Waals surface area (Å²) in [5.41, 5.74) is 4.72. The molecule has 1 heterocycles. The van der Waals surface area contributed by atoms with E-state index < -0.39 is 0 Å². The molecule has 3 rings (SSSR count). The average Bonchev–Trinajstić information content (AvgIpc) is 2.65. The summed E-state index contributed by atoms with van der Waals surface area (Å²) in [4.78, 5) is 7.02. The molecule has 1 aromatic heterocycles. The van der Waals surface area contributed by atoms with E-state index in [0.29, 0.717) is 0 Å². The number of nitrogens with zero attached hydrogens (tertiary/aromatic N) is 2. The average molecular weight is 328 g/mol. The van der Waals surface area contributed by atoms with E-state index in [2.05, 4.69) is 78.5 Å². The zero-order chi connectivity index (χ0) is 17.6. The van der Waals surface area contributed by atoms with Crippen LogP contribution in [-0.4, -0.2) is 11.5 Å². The Morgan fingerprint density at radius 2 is 1.76 bits per heavy atom. The highest BCUT2D eigenvalue weighted by atomic mass is 15.2. The molecule has 0 saturated heterocycles. The molecule has 0 aliphatic rings. The third-order valence-corrected chi connectivity index (χ3v) is 4.48. The second-order valence-electron chi connectivity index (χ2n) is 6.24. The van der Waals surface area contributed by atoms with Crippen LogP contribution < -0.4 is 4.90 Å². The van der Waals surface area contributed by atoms with Gasteiger partial charge in [-0.15, -0.1) is 13.2 Å². The van der Waals surface area contributed by atoms with Gasteiger partial charge in [-0.3, -0.25) is 4.98 Å². The fourth-order valence-corrected chi connectivity index (χ4v) is 3.26. The molecular weight excluding hydrogens is 304 g/mol. The van der Waals surface area contributed by atoms with Crippen molar-refractivity contribution >= 4 is 16.6 Å². The van der Waals surface area contributed by atoms with Gasteiger partial charge >= 0.3 is 0 Å². The topological polar surface area (TPSA) is 16.1 Å². The van der Waals surface area contributed by atoms with Gasteiger partial charge in [0.05, 0.1) is 11.6 Å². The molecule has 0 N–H and O–H groups in total. The Morgan fingerprint density at radius 3 is 2.48 bits per heavy atom. The number of rotatable bonds is 7. The van der Waals surface area contributed by atoms with Crippen molar-refractivity contribution in [1.82, 2.24) is 4.98 Å². The summed E-state index contributed by atoms with van der Waals surface area (Å²) in [5.74, 6) is 0. The molecule has 1 unspecified atom stereocenters. The normalized spacial score (nSPS) is 11.9. The molecule has 2 heteroatoms. The first-order valence-corrected chi connectivity index (χ1v) is 8.63. The van der Waals surface area contributed by atoms with Crippen LogP contribution in [0.3, 0.4) is 0 Å². The van der Waals surface area contributed by atoms with Crippen LogP contribution in [0.5, 0.6) is 0 Å². The molecule has 1 atom stereocenters. The molecule has 0 bridgehead atoms. The summed E-state index contributed by atoms with van der Waals surface area (Å²) in [7, 11) is 0. The molecular formula is C23H24N2. The van der Waals surface area contributed by atoms with Gasteiger partial charge in [0.1, 0.15) is 0 Å². The van der Waals surface area contributed by atoms with E-state index in [1.165, 1.54) is 16.8 Å². The predicted molar refractivity (Wildman–Crippen MR) is 108 cm³/mol. The lowest BCUT2D eigenvalue weighted by Gasteiger charge is -2.33. The minimum Gasteiger partial charge on any atom is -0.360 e. The Hall–Kier alpha value is -2.87. The molecule has 0 spiro atoms. The third-order valence-electron chi connectivity index (χ3n) is 4.48. The Labute approximate surface area is 150 Å². The summed E-state index contributed by atoms with van der Waals surface area (Å²) < 4.78 is 0. The molecule has 2 nitrogen and oxygen atoms in total. The third kappa shape index (κ3) is 3.63. The van der Waals surface area contributed by atoms with Crippen LogP contribution in [-0.2, 0) is 0 Å². The molecule has 0 fully saturated rings. The van der Waals surface area contributed by atoms with Gasteiger partial charge in [-0.2, -0.15) is 0 Å². The number of anilines is 1. The number of hydrogen-bond acceptors (Lipinski definition) is 2. The van der Waals surface area contributed by atoms with Crippen LogP contribution in [0.1, 0.15) is 23.6 Å². The Bertz CT molecular complexity index is 859. The minimum absolute atomic E-state index is 0.164. The van der Waals surface area contributed by atoms with E-state index in [9.17, 15) is 0 Å². The zero-order valence-electron chi connectivity index (χ0n) is 14.7. The van der Waals surface area contributed by atoms with Crippen LogP contribution in [0.2, 0.25) is 0 Å². The Kier molecular flexibility index (Phi) is 5.30. The highest BCUT2D eigenvalue weighted by molar-refractivity contribution is 5.82. The van der Waals surface area contributed by atoms with E-state index in [0.717, 1.165) is 23.9 Å². The molecule has 0 saturated carbocycles. The fraction of sp³-hybridized carbons (Fsp3) is 0.174. The zero-order valence-corrected chi connectivity index (χ0v) is 14.7. The van der Waals surface area contributed by atoms with E-state index in [1.807, 2.05) is 24.4 Å². The number of benzene rings is 2. The maximum Gasteiger partial charge on any atom is 0.0754 e. The standard InChI is InChI=1S/C23H24N2/c1-4-8-22(21-11-6-9-19-10-7-16-24-23(19)21)25(17-5-2)20-14-12-18(3)13-15-20/h4-7,9-16,22H,1-2,8,17H2,3H3. The summed E-state index contributed by atoms with van der Waals surface area (Å²) in [5, 5.41) is 1.16. The molecule has 25 heavy (non-hydrogen) atoms. The van der Waals surface area contributed by atoms with Gasteiger partial charge in [-0.25, -0.2) is 0 Å². The smallest absolute Gasteiger partial charge is 0.0754 e. The lowest BCUT2D eigenvalue weighted by molar-refractivity contribution is 0.661. The van der Waals surface area contributed by atoms with Crippen molar-refractivity contribution in [2.45, 2.75) is 19.4 Å². The second-order valence-corrected chi connectivity index (χ2v) is 6.24. The molecule has 3 aromatic rings. The van der Waals surface area contributed by atoms with Gasteiger partial charge in [0.15, 0.2) is 0 Å². The van der Waals surface area contributed by atoms with Crippen LogP contribution in [0, 0.1) is 6.92 Å². The molecule has 2 aromatic carbocycles. The molecule has 0 amide bonds. The van der Waals surface area contributed by atoms with E-state index in [4.69, 9.17) is 0 Å². The first kappa shape index (κ1) is 17.0. The van der Waals surface area contributed by atoms with Gasteiger partial charge in [0, 0.05) is 29.4 Å². The van der Waals surface area contributed by atoms with Crippen molar-refractivity contribution in [3.63, 3.8) is 0 Å². The Balaban J connectivity index is 2.12. The van der Waals surface area contributed by atoms with Crippen molar-refractivity contribution in [1.29, 1.82) is 0 Å². The predicted octanol–water partition coefficient (Wildman–Crippen LogP) is 5.85. The molecule has 0 radical (unpaired) electrons. The van der Waals surface area contributed by atoms with E-state index in [1.54, 1.807) is 0 Å². The van der Waals surface area contributed by atoms with Crippen molar-refractivity contribution in [2.24, 2.45) is 0 Å². The maximum absolute atomic E-state index is 4.65. The van der Waals surface area contributed by atoms with Crippen LogP contribution in [0.25, 0.3) is 10.9 Å². The highest BCUT2D eigenvalue weighted by Gasteiger charge is 2.21. The summed E-state index contributed by atoms with van der Waals surface area (Å²) >= 11 is 0. The van der Waals surface area contributed by atoms with Crippen molar-refractivity contribution < 1.29 is 0 Å². The summed E-state index contributed by atoms with van der Waals surface area (Å²) in [6.45, 7) is 10.8. The summed E-state index contributed by atoms with van der Waals surface area (Å²) in [6, 6.07) is 19.3. The number of para-hydroxylation sites is 1. The van der Waals surface area contributed by atoms with E-state index >= 15 is 0 Å². The monoisotopic (exact) mass is 328 g/mol. The van der Waals surface area contributed by atoms with Crippen LogP contribution in [0.15, 0.2) is 86.1 Å². The maximum atomic E-state index is 4.65. The first-order valence-electron chi connectivity index (χ1n) is 8.63. The van der Waals surface area contributed by atoms with Crippen LogP contribution >= 0.6 is 0 Å². The summed E-state index contributed by atoms with van der Waals surface area (Å²) in [6.07, 6.45) is 6.64. The molecule has 126 valence electrons. The largest absolute Gasteiger partial charge is 0.360 e. The quantitative estimate of drug-likeness (QED) is 0.505. The van der Waals surface area contributed by atoms with Gasteiger partial charge in [-0.05, 0) is 31.5 Å². The Morgan fingerprint density at radius 1 is 1.00 bits per heavy atom. The SMILES string of the molecule is C=CCC(c1cccc2cccnc12)N(CC=C)c1ccc(C)cc1. The highest BCUT2D eigenvalue weighted by Crippen LogP contribution is 2.33. The fourth-order valence-electron chi connectivity index (χ4n) is 3.26. The molecule has 0 aliphatic heterocycles. The van der Waals surface area contributed by atoms with Gasteiger partial charge in [0.25, 0.3) is 0 Å². The first-order chi connectivity index (χ1) is 12.2. The second kappa shape index (κ2) is 7.80. The molecule has 0 aliphatic carbocycles. The van der Waals surface area contributed by atoms with Crippen molar-refractivity contribution in [2.75, 3.05) is 11.4 Å². The number of pyridine rings is 1. The van der Waals surface area contributed by atoms with Gasteiger partial charge in [-0.1, -0.05) is 54.1 Å². The number of aryl methyl sites for hydroxylation is 1. The van der Waals surface area contributed by atoms with Crippen molar-refractivity contribution in [3.05, 3.63) is 97.2 Å². The van der Waals surface area contributed by atoms with Crippen LogP contribution in [0.4, 0.5) is 5.69 Å². The lowest BCUT2D eigenvalue weighted by Crippen LogP contribution is -2.29. The minimum atomic E-state index is 0.164. The van der Waals surface area contributed by atoms with Gasteiger partial charge in [0.2, 0.25) is 0 Å². The number of fused-ring (bicyclic) bond motifs is 1. The lowest BCUT2D eigenvalue weighted by atomic mass is 9.97. The van der Waals surface area contributed by atoms with Gasteiger partial charge < -0.3 is 4.90 Å². The van der Waals surface area contributed by atoms with Crippen molar-refractivity contribution in [3.8, 4) is 0 Å². The number of aromatic nitrogens is 1. The van der Waals surface area contributed by atoms with E-state index in [-0.39, 0.29) is 6.04 Å².